The Bertz CT molecular complexity index is 799. The zero-order valence-corrected chi connectivity index (χ0v) is 16.6. The highest BCUT2D eigenvalue weighted by Gasteiger charge is 2.51. The van der Waals surface area contributed by atoms with E-state index in [4.69, 9.17) is 9.15 Å². The molecule has 0 aliphatic carbocycles. The number of carbonyl (C=O) groups excluding carboxylic acids is 1. The van der Waals surface area contributed by atoms with Gasteiger partial charge in [0.25, 0.3) is 0 Å². The molecule has 2 aliphatic heterocycles. The predicted molar refractivity (Wildman–Crippen MR) is 103 cm³/mol. The van der Waals surface area contributed by atoms with E-state index in [0.29, 0.717) is 30.7 Å². The van der Waals surface area contributed by atoms with Gasteiger partial charge in [-0.2, -0.15) is 0 Å². The molecular weight excluding hydrogens is 356 g/mol. The Labute approximate surface area is 165 Å². The van der Waals surface area contributed by atoms with Crippen LogP contribution in [0.5, 0.6) is 0 Å². The maximum Gasteiger partial charge on any atom is 0.247 e. The summed E-state index contributed by atoms with van der Waals surface area (Å²) in [5.74, 6) is 1.95. The fourth-order valence-corrected chi connectivity index (χ4v) is 4.34. The van der Waals surface area contributed by atoms with E-state index >= 15 is 0 Å². The minimum atomic E-state index is -0.0339. The van der Waals surface area contributed by atoms with E-state index in [-0.39, 0.29) is 17.2 Å². The van der Waals surface area contributed by atoms with E-state index < -0.39 is 0 Å². The first kappa shape index (κ1) is 19.1. The van der Waals surface area contributed by atoms with Crippen molar-refractivity contribution >= 4 is 5.91 Å². The highest BCUT2D eigenvalue weighted by Crippen LogP contribution is 2.49. The predicted octanol–water partition coefficient (Wildman–Crippen LogP) is 3.29. The molecule has 0 radical (unpaired) electrons. The molecule has 0 bridgehead atoms. The number of carbonyl (C=O) groups is 1. The van der Waals surface area contributed by atoms with Gasteiger partial charge in [-0.05, 0) is 37.3 Å². The molecule has 28 heavy (non-hydrogen) atoms. The highest BCUT2D eigenvalue weighted by molar-refractivity contribution is 5.76. The second kappa shape index (κ2) is 7.99. The lowest BCUT2D eigenvalue weighted by Gasteiger charge is -2.36. The van der Waals surface area contributed by atoms with Crippen LogP contribution in [0.2, 0.25) is 0 Å². The van der Waals surface area contributed by atoms with Crippen LogP contribution < -0.4 is 0 Å². The third-order valence-electron chi connectivity index (χ3n) is 6.09. The molecule has 1 atom stereocenters. The SMILES string of the molecule is CC(C)CCC(=O)N1CC(c2nnc(-c3ccncc3)o2)C2(CCOCC2)C1. The summed E-state index contributed by atoms with van der Waals surface area (Å²) in [5.41, 5.74) is 0.825. The van der Waals surface area contributed by atoms with E-state index in [1.54, 1.807) is 12.4 Å². The topological polar surface area (TPSA) is 81.4 Å². The molecular formula is C21H28N4O3. The first-order valence-corrected chi connectivity index (χ1v) is 10.2. The van der Waals surface area contributed by atoms with Crippen LogP contribution in [0.15, 0.2) is 28.9 Å². The van der Waals surface area contributed by atoms with Gasteiger partial charge in [0.1, 0.15) is 0 Å². The normalized spacial score (nSPS) is 21.5. The zero-order valence-electron chi connectivity index (χ0n) is 16.6. The Morgan fingerprint density at radius 1 is 1.25 bits per heavy atom. The summed E-state index contributed by atoms with van der Waals surface area (Å²) in [6, 6.07) is 3.72. The molecule has 2 fully saturated rings. The molecule has 0 N–H and O–H groups in total. The lowest BCUT2D eigenvalue weighted by Crippen LogP contribution is -2.37. The van der Waals surface area contributed by atoms with Crippen molar-refractivity contribution in [3.8, 4) is 11.5 Å². The van der Waals surface area contributed by atoms with Gasteiger partial charge in [0.05, 0.1) is 5.92 Å². The molecule has 0 saturated carbocycles. The van der Waals surface area contributed by atoms with Crippen molar-refractivity contribution in [2.75, 3.05) is 26.3 Å². The molecule has 1 spiro atoms. The Balaban J connectivity index is 1.57. The van der Waals surface area contributed by atoms with Crippen LogP contribution in [0.4, 0.5) is 0 Å². The Morgan fingerprint density at radius 2 is 2.00 bits per heavy atom. The van der Waals surface area contributed by atoms with E-state index in [1.165, 1.54) is 0 Å². The number of nitrogens with zero attached hydrogens (tertiary/aromatic N) is 4. The van der Waals surface area contributed by atoms with E-state index in [1.807, 2.05) is 17.0 Å². The van der Waals surface area contributed by atoms with Gasteiger partial charge in [0.2, 0.25) is 17.7 Å². The smallest absolute Gasteiger partial charge is 0.247 e. The van der Waals surface area contributed by atoms with E-state index in [9.17, 15) is 4.79 Å². The van der Waals surface area contributed by atoms with Crippen LogP contribution >= 0.6 is 0 Å². The molecule has 2 aliphatic rings. The largest absolute Gasteiger partial charge is 0.420 e. The van der Waals surface area contributed by atoms with Gasteiger partial charge in [0, 0.05) is 56.1 Å². The molecule has 7 heteroatoms. The van der Waals surface area contributed by atoms with Gasteiger partial charge in [-0.1, -0.05) is 13.8 Å². The summed E-state index contributed by atoms with van der Waals surface area (Å²) < 4.78 is 11.7. The maximum absolute atomic E-state index is 12.8. The van der Waals surface area contributed by atoms with Crippen molar-refractivity contribution < 1.29 is 13.9 Å². The standard InChI is InChI=1S/C21H28N4O3/c1-15(2)3-4-18(26)25-13-17(21(14-25)7-11-27-12-8-21)20-24-23-19(28-20)16-5-9-22-10-6-16/h5-6,9-10,15,17H,3-4,7-8,11-14H2,1-2H3. The van der Waals surface area contributed by atoms with Crippen molar-refractivity contribution in [2.24, 2.45) is 11.3 Å². The third-order valence-corrected chi connectivity index (χ3v) is 6.09. The molecule has 2 aromatic heterocycles. The molecule has 1 amide bonds. The molecule has 2 aromatic rings. The fraction of sp³-hybridized carbons (Fsp3) is 0.619. The molecule has 0 aromatic carbocycles. The average Bonchev–Trinajstić information content (AvgIpc) is 3.33. The van der Waals surface area contributed by atoms with Gasteiger partial charge >= 0.3 is 0 Å². The number of hydrogen-bond acceptors (Lipinski definition) is 6. The van der Waals surface area contributed by atoms with Gasteiger partial charge in [0.15, 0.2) is 0 Å². The average molecular weight is 384 g/mol. The van der Waals surface area contributed by atoms with Crippen molar-refractivity contribution in [1.29, 1.82) is 0 Å². The first-order valence-electron chi connectivity index (χ1n) is 10.2. The molecule has 4 rings (SSSR count). The van der Waals surface area contributed by atoms with Crippen LogP contribution in [0.3, 0.4) is 0 Å². The third kappa shape index (κ3) is 3.81. The lowest BCUT2D eigenvalue weighted by molar-refractivity contribution is -0.131. The number of ether oxygens (including phenoxy) is 1. The summed E-state index contributed by atoms with van der Waals surface area (Å²) in [4.78, 5) is 18.8. The van der Waals surface area contributed by atoms with Crippen molar-refractivity contribution in [3.05, 3.63) is 30.4 Å². The van der Waals surface area contributed by atoms with Crippen molar-refractivity contribution in [3.63, 3.8) is 0 Å². The molecule has 1 unspecified atom stereocenters. The monoisotopic (exact) mass is 384 g/mol. The highest BCUT2D eigenvalue weighted by atomic mass is 16.5. The molecule has 4 heterocycles. The van der Waals surface area contributed by atoms with Gasteiger partial charge in [-0.15, -0.1) is 10.2 Å². The second-order valence-electron chi connectivity index (χ2n) is 8.42. The van der Waals surface area contributed by atoms with Crippen molar-refractivity contribution in [1.82, 2.24) is 20.1 Å². The first-order chi connectivity index (χ1) is 13.6. The number of hydrogen-bond donors (Lipinski definition) is 0. The van der Waals surface area contributed by atoms with E-state index in [2.05, 4.69) is 29.0 Å². The van der Waals surface area contributed by atoms with Crippen LogP contribution in [-0.4, -0.2) is 52.3 Å². The van der Waals surface area contributed by atoms with Gasteiger partial charge < -0.3 is 14.1 Å². The lowest BCUT2D eigenvalue weighted by atomic mass is 9.72. The summed E-state index contributed by atoms with van der Waals surface area (Å²) in [6.07, 6.45) is 6.77. The number of rotatable bonds is 5. The molecule has 150 valence electrons. The summed E-state index contributed by atoms with van der Waals surface area (Å²) in [5, 5.41) is 8.64. The van der Waals surface area contributed by atoms with Crippen LogP contribution in [0, 0.1) is 11.3 Å². The molecule has 7 nitrogen and oxygen atoms in total. The number of aromatic nitrogens is 3. The second-order valence-corrected chi connectivity index (χ2v) is 8.42. The summed E-state index contributed by atoms with van der Waals surface area (Å²) in [6.45, 7) is 7.14. The van der Waals surface area contributed by atoms with Crippen LogP contribution in [-0.2, 0) is 9.53 Å². The quantitative estimate of drug-likeness (QED) is 0.787. The molecule has 2 saturated heterocycles. The maximum atomic E-state index is 12.8. The minimum absolute atomic E-state index is 0.0339. The van der Waals surface area contributed by atoms with Gasteiger partial charge in [-0.25, -0.2) is 0 Å². The number of likely N-dealkylation sites (tertiary alicyclic amines) is 1. The Hall–Kier alpha value is -2.28. The summed E-state index contributed by atoms with van der Waals surface area (Å²) >= 11 is 0. The van der Waals surface area contributed by atoms with Crippen LogP contribution in [0.1, 0.15) is 51.3 Å². The fourth-order valence-electron chi connectivity index (χ4n) is 4.34. The van der Waals surface area contributed by atoms with Crippen LogP contribution in [0.25, 0.3) is 11.5 Å². The minimum Gasteiger partial charge on any atom is -0.420 e. The van der Waals surface area contributed by atoms with Gasteiger partial charge in [-0.3, -0.25) is 9.78 Å². The Morgan fingerprint density at radius 3 is 2.71 bits per heavy atom. The number of pyridine rings is 1. The van der Waals surface area contributed by atoms with Crippen molar-refractivity contribution in [2.45, 2.75) is 45.4 Å². The Kier molecular flexibility index (Phi) is 5.44. The summed E-state index contributed by atoms with van der Waals surface area (Å²) in [7, 11) is 0. The zero-order chi connectivity index (χ0) is 19.6. The number of amides is 1. The van der Waals surface area contributed by atoms with E-state index in [0.717, 1.165) is 44.6 Å².